The van der Waals surface area contributed by atoms with Gasteiger partial charge in [0.15, 0.2) is 0 Å². The third-order valence-corrected chi connectivity index (χ3v) is 21.8. The molecule has 0 saturated heterocycles. The molecule has 4 aromatic heterocycles. The molecule has 0 atom stereocenters. The van der Waals surface area contributed by atoms with E-state index in [0.29, 0.717) is 0 Å². The zero-order valence-electron chi connectivity index (χ0n) is 35.2. The summed E-state index contributed by atoms with van der Waals surface area (Å²) in [4.78, 5) is 3.50. The van der Waals surface area contributed by atoms with Crippen LogP contribution in [0.1, 0.15) is 0 Å². The maximum absolute atomic E-state index is 18.3. The Balaban J connectivity index is 1.11. The maximum Gasteiger partial charge on any atom is 0.0555 e. The van der Waals surface area contributed by atoms with E-state index in [1.54, 1.807) is 0 Å². The molecule has 2 aliphatic rings. The van der Waals surface area contributed by atoms with E-state index >= 15 is 4.21 Å². The predicted octanol–water partition coefficient (Wildman–Crippen LogP) is 16.9. The molecule has 6 heteroatoms. The van der Waals surface area contributed by atoms with E-state index < -0.39 is 9.07 Å². The molecule has 1 spiro atoms. The lowest BCUT2D eigenvalue weighted by Crippen LogP contribution is -2.30. The Hall–Kier alpha value is -7.61. The topological polar surface area (TPSA) is 26.9 Å². The molecule has 0 bridgehead atoms. The van der Waals surface area contributed by atoms with Crippen molar-refractivity contribution < 1.29 is 4.21 Å². The molecule has 16 rings (SSSR count). The molecule has 66 heavy (non-hydrogen) atoms. The molecule has 0 aliphatic carbocycles. The highest BCUT2D eigenvalue weighted by Crippen LogP contribution is 2.72. The second-order valence-electron chi connectivity index (χ2n) is 17.9. The summed E-state index contributed by atoms with van der Waals surface area (Å²) in [5.41, 5.74) is 10.7. The molecule has 0 amide bonds. The van der Waals surface area contributed by atoms with Gasteiger partial charge in [0, 0.05) is 102 Å². The molecule has 10 aromatic carbocycles. The summed E-state index contributed by atoms with van der Waals surface area (Å²) in [5, 5.41) is 9.93. The fourth-order valence-corrected chi connectivity index (χ4v) is 19.6. The molecule has 0 saturated carbocycles. The quantitative estimate of drug-likeness (QED) is 0.170. The summed E-state index contributed by atoms with van der Waals surface area (Å²) >= 11 is 3.70. The van der Waals surface area contributed by atoms with E-state index in [4.69, 9.17) is 0 Å². The molecule has 2 aliphatic heterocycles. The van der Waals surface area contributed by atoms with Gasteiger partial charge in [-0.15, -0.1) is 22.7 Å². The zero-order chi connectivity index (χ0) is 43.1. The average Bonchev–Trinajstić information content (AvgIpc) is 4.18. The second-order valence-corrected chi connectivity index (χ2v) is 23.7. The Morgan fingerprint density at radius 3 is 1.18 bits per heavy atom. The van der Waals surface area contributed by atoms with E-state index in [0.717, 1.165) is 75.3 Å². The average molecular weight is 895 g/mol. The van der Waals surface area contributed by atoms with Crippen molar-refractivity contribution in [3.8, 4) is 33.6 Å². The highest BCUT2D eigenvalue weighted by Gasteiger charge is 2.58. The highest BCUT2D eigenvalue weighted by molar-refractivity contribution is 8.21. The van der Waals surface area contributed by atoms with Crippen LogP contribution in [0.15, 0.2) is 226 Å². The van der Waals surface area contributed by atoms with Gasteiger partial charge in [0.2, 0.25) is 0 Å². The molecule has 14 aromatic rings. The molecular weight excluding hydrogens is 861 g/mol. The SMILES string of the molecule is O=S12(c3ccccc3-c3ccccc31)c1cccc(-n3c4ccccc4c4cc5c(cc43)sc3ccccc35)c1-c1c(-n3c4ccccc4c4cc5c(cc43)sc3ccccc35)cccc12. The first-order chi connectivity index (χ1) is 32.6. The number of benzene rings is 10. The van der Waals surface area contributed by atoms with Crippen molar-refractivity contribution in [3.63, 3.8) is 0 Å². The third-order valence-electron chi connectivity index (χ3n) is 14.8. The number of thiophene rings is 2. The van der Waals surface area contributed by atoms with Gasteiger partial charge in [0.25, 0.3) is 0 Å². The Bertz CT molecular complexity index is 4320. The van der Waals surface area contributed by atoms with Crippen LogP contribution in [0.2, 0.25) is 0 Å². The van der Waals surface area contributed by atoms with Gasteiger partial charge in [0.05, 0.1) is 33.4 Å². The molecule has 308 valence electrons. The largest absolute Gasteiger partial charge is 0.309 e. The minimum Gasteiger partial charge on any atom is -0.309 e. The highest BCUT2D eigenvalue weighted by atomic mass is 32.3. The fraction of sp³-hybridized carbons (Fsp3) is 0. The molecule has 6 heterocycles. The fourth-order valence-electron chi connectivity index (χ4n) is 12.2. The molecule has 0 N–H and O–H groups in total. The first-order valence-electron chi connectivity index (χ1n) is 22.4. The van der Waals surface area contributed by atoms with Crippen LogP contribution in [-0.4, -0.2) is 13.3 Å². The number of rotatable bonds is 2. The lowest BCUT2D eigenvalue weighted by atomic mass is 10.0. The zero-order valence-corrected chi connectivity index (χ0v) is 37.6. The first-order valence-corrected chi connectivity index (χ1v) is 26.0. The molecule has 0 unspecified atom stereocenters. The van der Waals surface area contributed by atoms with Crippen LogP contribution in [0.3, 0.4) is 0 Å². The van der Waals surface area contributed by atoms with Crippen LogP contribution in [0.4, 0.5) is 0 Å². The van der Waals surface area contributed by atoms with Crippen LogP contribution in [0, 0.1) is 0 Å². The van der Waals surface area contributed by atoms with Gasteiger partial charge >= 0.3 is 0 Å². The number of aromatic nitrogens is 2. The van der Waals surface area contributed by atoms with E-state index in [-0.39, 0.29) is 0 Å². The van der Waals surface area contributed by atoms with Crippen molar-refractivity contribution >= 4 is 116 Å². The molecule has 0 fully saturated rings. The van der Waals surface area contributed by atoms with Gasteiger partial charge in [-0.2, -0.15) is 0 Å². The number of fused-ring (bicyclic) bond motifs is 22. The van der Waals surface area contributed by atoms with Crippen molar-refractivity contribution in [2.75, 3.05) is 0 Å². The van der Waals surface area contributed by atoms with Crippen LogP contribution < -0.4 is 0 Å². The van der Waals surface area contributed by atoms with Crippen molar-refractivity contribution in [2.24, 2.45) is 0 Å². The lowest BCUT2D eigenvalue weighted by Gasteiger charge is -2.38. The predicted molar refractivity (Wildman–Crippen MR) is 279 cm³/mol. The Morgan fingerprint density at radius 1 is 0.303 bits per heavy atom. The summed E-state index contributed by atoms with van der Waals surface area (Å²) in [6.45, 7) is 0. The summed E-state index contributed by atoms with van der Waals surface area (Å²) < 4.78 is 28.3. The summed E-state index contributed by atoms with van der Waals surface area (Å²) in [6, 6.07) is 74.9. The van der Waals surface area contributed by atoms with E-state index in [2.05, 4.69) is 215 Å². The maximum atomic E-state index is 18.3. The van der Waals surface area contributed by atoms with E-state index in [1.165, 1.54) is 61.9 Å². The Kier molecular flexibility index (Phi) is 6.59. The smallest absolute Gasteiger partial charge is 0.0555 e. The van der Waals surface area contributed by atoms with Gasteiger partial charge in [-0.25, -0.2) is 0 Å². The number of para-hydroxylation sites is 2. The number of hydrogen-bond acceptors (Lipinski definition) is 3. The van der Waals surface area contributed by atoms with Crippen molar-refractivity contribution in [3.05, 3.63) is 206 Å². The monoisotopic (exact) mass is 894 g/mol. The molecule has 3 nitrogen and oxygen atoms in total. The van der Waals surface area contributed by atoms with Crippen molar-refractivity contribution in [1.29, 1.82) is 0 Å². The van der Waals surface area contributed by atoms with Crippen LogP contribution >= 0.6 is 22.7 Å². The normalized spacial score (nSPS) is 15.1. The number of nitrogens with zero attached hydrogens (tertiary/aromatic N) is 2. The van der Waals surface area contributed by atoms with Crippen LogP contribution in [0.25, 0.3) is 118 Å². The van der Waals surface area contributed by atoms with Crippen LogP contribution in [-0.2, 0) is 9.07 Å². The van der Waals surface area contributed by atoms with Gasteiger partial charge in [-0.1, -0.05) is 121 Å². The van der Waals surface area contributed by atoms with E-state index in [9.17, 15) is 0 Å². The van der Waals surface area contributed by atoms with E-state index in [1.807, 2.05) is 22.7 Å². The Labute approximate surface area is 386 Å². The minimum atomic E-state index is -4.27. The minimum absolute atomic E-state index is 0.867. The Morgan fingerprint density at radius 2 is 0.697 bits per heavy atom. The van der Waals surface area contributed by atoms with Crippen molar-refractivity contribution in [2.45, 2.75) is 19.6 Å². The molecule has 0 radical (unpaired) electrons. The lowest BCUT2D eigenvalue weighted by molar-refractivity contribution is 0.658. The molecular formula is C60H34N2OS3. The third kappa shape index (κ3) is 4.06. The van der Waals surface area contributed by atoms with Gasteiger partial charge in [-0.3, -0.25) is 4.21 Å². The second kappa shape index (κ2) is 12.2. The first kappa shape index (κ1) is 35.7. The van der Waals surface area contributed by atoms with Gasteiger partial charge < -0.3 is 9.13 Å². The van der Waals surface area contributed by atoms with Crippen LogP contribution in [0.5, 0.6) is 0 Å². The van der Waals surface area contributed by atoms with Gasteiger partial charge in [0.1, 0.15) is 0 Å². The standard InChI is InChI=1S/C60H34N2OS3/c63-66(55-27-11-5-19-39(55)40-20-6-12-28-56(40)66)57-29-13-23-47(61-45-21-7-1-15-35(45)41-31-43-37-17-3-9-25-51(37)64-53(43)33-49(41)61)59(57)60-48(24-14-30-58(60)66)62-46-22-8-2-16-36(46)42-32-44-38-18-4-10-26-52(38)65-54(44)34-50(42)62/h1-34H. The van der Waals surface area contributed by atoms with Gasteiger partial charge in [-0.05, 0) is 96.1 Å². The summed E-state index contributed by atoms with van der Waals surface area (Å²) in [6.07, 6.45) is 0. The summed E-state index contributed by atoms with van der Waals surface area (Å²) in [7, 11) is -4.27. The number of hydrogen-bond donors (Lipinski definition) is 0. The van der Waals surface area contributed by atoms with Crippen molar-refractivity contribution in [1.82, 2.24) is 9.13 Å². The summed E-state index contributed by atoms with van der Waals surface area (Å²) in [5.74, 6) is 0.